The van der Waals surface area contributed by atoms with Crippen LogP contribution in [0.4, 0.5) is 11.5 Å². The van der Waals surface area contributed by atoms with Gasteiger partial charge in [0.15, 0.2) is 0 Å². The van der Waals surface area contributed by atoms with Crippen molar-refractivity contribution in [2.24, 2.45) is 0 Å². The van der Waals surface area contributed by atoms with Crippen LogP contribution in [0.15, 0.2) is 30.3 Å². The van der Waals surface area contributed by atoms with E-state index >= 15 is 0 Å². The molecule has 3 N–H and O–H groups in total. The molecule has 0 unspecified atom stereocenters. The molecule has 0 aliphatic carbocycles. The predicted molar refractivity (Wildman–Crippen MR) is 77.5 cm³/mol. The smallest absolute Gasteiger partial charge is 0.255 e. The molecule has 0 radical (unpaired) electrons. The molecule has 1 heterocycles. The van der Waals surface area contributed by atoms with Gasteiger partial charge in [-0.3, -0.25) is 4.79 Å². The molecule has 0 aliphatic heterocycles. The summed E-state index contributed by atoms with van der Waals surface area (Å²) in [6, 6.07) is 8.60. The number of nitrogens with two attached hydrogens (primary N) is 1. The van der Waals surface area contributed by atoms with Gasteiger partial charge in [-0.05, 0) is 43.7 Å². The standard InChI is InChI=1S/C14H14ClN3O/c1-8-6-10(7-13(16)17-8)14(19)18-12-5-3-4-11(15)9(12)2/h3-7H,1-2H3,(H2,16,17)(H,18,19). The average molecular weight is 276 g/mol. The minimum absolute atomic E-state index is 0.234. The van der Waals surface area contributed by atoms with Crippen LogP contribution in [0.25, 0.3) is 0 Å². The van der Waals surface area contributed by atoms with E-state index in [1.807, 2.05) is 6.92 Å². The largest absolute Gasteiger partial charge is 0.384 e. The number of aromatic nitrogens is 1. The molecule has 0 fully saturated rings. The number of anilines is 2. The van der Waals surface area contributed by atoms with Crippen molar-refractivity contribution in [2.45, 2.75) is 13.8 Å². The summed E-state index contributed by atoms with van der Waals surface area (Å²) in [6.45, 7) is 3.64. The molecule has 1 amide bonds. The number of carbonyl (C=O) groups is 1. The van der Waals surface area contributed by atoms with E-state index in [4.69, 9.17) is 17.3 Å². The van der Waals surface area contributed by atoms with Crippen molar-refractivity contribution in [3.63, 3.8) is 0 Å². The van der Waals surface area contributed by atoms with E-state index in [1.54, 1.807) is 37.3 Å². The van der Waals surface area contributed by atoms with Crippen LogP contribution in [0.3, 0.4) is 0 Å². The molecular weight excluding hydrogens is 262 g/mol. The molecule has 2 rings (SSSR count). The SMILES string of the molecule is Cc1cc(C(=O)Nc2cccc(Cl)c2C)cc(N)n1. The molecule has 98 valence electrons. The van der Waals surface area contributed by atoms with Crippen LogP contribution in [-0.4, -0.2) is 10.9 Å². The first-order chi connectivity index (χ1) is 8.97. The highest BCUT2D eigenvalue weighted by atomic mass is 35.5. The Morgan fingerprint density at radius 3 is 2.74 bits per heavy atom. The van der Waals surface area contributed by atoms with Crippen LogP contribution < -0.4 is 11.1 Å². The molecule has 5 heteroatoms. The Hall–Kier alpha value is -2.07. The molecule has 2 aromatic rings. The van der Waals surface area contributed by atoms with Gasteiger partial charge in [0.1, 0.15) is 5.82 Å². The van der Waals surface area contributed by atoms with Gasteiger partial charge >= 0.3 is 0 Å². The Labute approximate surface area is 116 Å². The normalized spacial score (nSPS) is 10.3. The van der Waals surface area contributed by atoms with Crippen LogP contribution in [0.1, 0.15) is 21.6 Å². The van der Waals surface area contributed by atoms with Crippen molar-refractivity contribution >= 4 is 29.0 Å². The molecule has 4 nitrogen and oxygen atoms in total. The lowest BCUT2D eigenvalue weighted by Gasteiger charge is -2.10. The minimum Gasteiger partial charge on any atom is -0.384 e. The van der Waals surface area contributed by atoms with Crippen molar-refractivity contribution in [1.29, 1.82) is 0 Å². The maximum atomic E-state index is 12.1. The number of nitrogens with one attached hydrogen (secondary N) is 1. The Bertz CT molecular complexity index is 620. The summed E-state index contributed by atoms with van der Waals surface area (Å²) in [4.78, 5) is 16.2. The minimum atomic E-state index is -0.234. The number of nitrogens with zero attached hydrogens (tertiary/aromatic N) is 1. The maximum Gasteiger partial charge on any atom is 0.255 e. The Balaban J connectivity index is 2.28. The number of aryl methyl sites for hydroxylation is 1. The zero-order valence-electron chi connectivity index (χ0n) is 10.7. The maximum absolute atomic E-state index is 12.1. The second kappa shape index (κ2) is 5.28. The fourth-order valence-electron chi connectivity index (χ4n) is 1.76. The topological polar surface area (TPSA) is 68.0 Å². The molecule has 19 heavy (non-hydrogen) atoms. The summed E-state index contributed by atoms with van der Waals surface area (Å²) < 4.78 is 0. The van der Waals surface area contributed by atoms with Gasteiger partial charge in [-0.1, -0.05) is 17.7 Å². The first-order valence-electron chi connectivity index (χ1n) is 5.78. The van der Waals surface area contributed by atoms with Gasteiger partial charge in [-0.15, -0.1) is 0 Å². The number of benzene rings is 1. The second-order valence-electron chi connectivity index (χ2n) is 4.29. The number of amides is 1. The third-order valence-corrected chi connectivity index (χ3v) is 3.16. The Morgan fingerprint density at radius 2 is 2.05 bits per heavy atom. The molecular formula is C14H14ClN3O. The van der Waals surface area contributed by atoms with Gasteiger partial charge in [0.2, 0.25) is 0 Å². The highest BCUT2D eigenvalue weighted by Gasteiger charge is 2.10. The van der Waals surface area contributed by atoms with E-state index < -0.39 is 0 Å². The summed E-state index contributed by atoms with van der Waals surface area (Å²) in [5, 5.41) is 3.43. The van der Waals surface area contributed by atoms with E-state index in [-0.39, 0.29) is 5.91 Å². The molecule has 1 aromatic carbocycles. The molecule has 0 saturated carbocycles. The summed E-state index contributed by atoms with van der Waals surface area (Å²) >= 11 is 6.01. The summed E-state index contributed by atoms with van der Waals surface area (Å²) in [5.41, 5.74) is 8.33. The van der Waals surface area contributed by atoms with Gasteiger partial charge in [-0.2, -0.15) is 0 Å². The zero-order valence-corrected chi connectivity index (χ0v) is 11.5. The van der Waals surface area contributed by atoms with E-state index in [0.29, 0.717) is 27.8 Å². The highest BCUT2D eigenvalue weighted by Crippen LogP contribution is 2.23. The van der Waals surface area contributed by atoms with Gasteiger partial charge in [-0.25, -0.2) is 4.98 Å². The lowest BCUT2D eigenvalue weighted by molar-refractivity contribution is 0.102. The average Bonchev–Trinajstić information content (AvgIpc) is 2.33. The van der Waals surface area contributed by atoms with Gasteiger partial charge in [0.05, 0.1) is 0 Å². The second-order valence-corrected chi connectivity index (χ2v) is 4.70. The Morgan fingerprint density at radius 1 is 1.32 bits per heavy atom. The van der Waals surface area contributed by atoms with E-state index in [2.05, 4.69) is 10.3 Å². The van der Waals surface area contributed by atoms with E-state index in [1.165, 1.54) is 0 Å². The van der Waals surface area contributed by atoms with Gasteiger partial charge < -0.3 is 11.1 Å². The summed E-state index contributed by atoms with van der Waals surface area (Å²) in [7, 11) is 0. The lowest BCUT2D eigenvalue weighted by atomic mass is 10.1. The third-order valence-electron chi connectivity index (χ3n) is 2.75. The number of hydrogen-bond acceptors (Lipinski definition) is 3. The van der Waals surface area contributed by atoms with E-state index in [0.717, 1.165) is 5.56 Å². The first kappa shape index (κ1) is 13.4. The van der Waals surface area contributed by atoms with Crippen LogP contribution >= 0.6 is 11.6 Å². The third kappa shape index (κ3) is 3.03. The van der Waals surface area contributed by atoms with Crippen molar-refractivity contribution in [1.82, 2.24) is 4.98 Å². The van der Waals surface area contributed by atoms with Crippen LogP contribution in [0.2, 0.25) is 5.02 Å². The molecule has 0 atom stereocenters. The number of pyridine rings is 1. The fraction of sp³-hybridized carbons (Fsp3) is 0.143. The molecule has 0 bridgehead atoms. The van der Waals surface area contributed by atoms with Crippen molar-refractivity contribution in [3.8, 4) is 0 Å². The fourth-order valence-corrected chi connectivity index (χ4v) is 1.94. The highest BCUT2D eigenvalue weighted by molar-refractivity contribution is 6.31. The molecule has 1 aromatic heterocycles. The number of carbonyl (C=O) groups excluding carboxylic acids is 1. The van der Waals surface area contributed by atoms with Crippen LogP contribution in [-0.2, 0) is 0 Å². The van der Waals surface area contributed by atoms with Crippen molar-refractivity contribution in [2.75, 3.05) is 11.1 Å². The molecule has 0 spiro atoms. The molecule has 0 aliphatic rings. The van der Waals surface area contributed by atoms with Crippen molar-refractivity contribution in [3.05, 3.63) is 52.2 Å². The Kier molecular flexibility index (Phi) is 3.71. The van der Waals surface area contributed by atoms with Crippen LogP contribution in [0, 0.1) is 13.8 Å². The van der Waals surface area contributed by atoms with Gasteiger partial charge in [0.25, 0.3) is 5.91 Å². The summed E-state index contributed by atoms with van der Waals surface area (Å²) in [6.07, 6.45) is 0. The number of hydrogen-bond donors (Lipinski definition) is 2. The molecule has 0 saturated heterocycles. The van der Waals surface area contributed by atoms with Gasteiger partial charge in [0, 0.05) is 22.0 Å². The first-order valence-corrected chi connectivity index (χ1v) is 6.16. The van der Waals surface area contributed by atoms with E-state index in [9.17, 15) is 4.79 Å². The lowest BCUT2D eigenvalue weighted by Crippen LogP contribution is -2.14. The number of rotatable bonds is 2. The summed E-state index contributed by atoms with van der Waals surface area (Å²) in [5.74, 6) is 0.0931. The van der Waals surface area contributed by atoms with Crippen LogP contribution in [0.5, 0.6) is 0 Å². The quantitative estimate of drug-likeness (QED) is 0.884. The van der Waals surface area contributed by atoms with Crippen molar-refractivity contribution < 1.29 is 4.79 Å². The predicted octanol–water partition coefficient (Wildman–Crippen LogP) is 3.19. The number of halogens is 1. The number of nitrogen functional groups attached to an aromatic ring is 1. The monoisotopic (exact) mass is 275 g/mol. The zero-order chi connectivity index (χ0) is 14.0.